The molecule has 1 unspecified atom stereocenters. The summed E-state index contributed by atoms with van der Waals surface area (Å²) in [5, 5.41) is 17.0. The van der Waals surface area contributed by atoms with Crippen LogP contribution in [0.4, 0.5) is 5.69 Å². The first-order valence-electron chi connectivity index (χ1n) is 10.6. The number of β-amino-alcohol motifs (C(OH)–C–C–N with tert-alkyl or cyclic N) is 1. The monoisotopic (exact) mass is 513 g/mol. The highest BCUT2D eigenvalue weighted by Gasteiger charge is 2.23. The van der Waals surface area contributed by atoms with E-state index in [1.165, 1.54) is 13.0 Å². The Labute approximate surface area is 207 Å². The number of carbonyl (C=O) groups is 2. The molecule has 0 spiro atoms. The van der Waals surface area contributed by atoms with Crippen LogP contribution in [0, 0.1) is 0 Å². The normalized spacial score (nSPS) is 15.7. The number of anilines is 1. The first-order chi connectivity index (χ1) is 15.7. The molecule has 3 rings (SSSR count). The molecule has 2 aromatic carbocycles. The molecule has 3 N–H and O–H groups in total. The molecule has 33 heavy (non-hydrogen) atoms. The number of rotatable bonds is 8. The van der Waals surface area contributed by atoms with Crippen LogP contribution in [0.2, 0.25) is 15.1 Å². The number of nitrogens with zero attached hydrogens (tertiary/aromatic N) is 1. The van der Waals surface area contributed by atoms with Gasteiger partial charge in [-0.3, -0.25) is 9.59 Å². The van der Waals surface area contributed by atoms with Crippen molar-refractivity contribution in [3.05, 3.63) is 57.0 Å². The Bertz CT molecular complexity index is 997. The number of hydrogen-bond acceptors (Lipinski definition) is 5. The van der Waals surface area contributed by atoms with Crippen LogP contribution in [0.15, 0.2) is 36.4 Å². The lowest BCUT2D eigenvalue weighted by molar-refractivity contribution is -0.114. The summed E-state index contributed by atoms with van der Waals surface area (Å²) in [6.45, 7) is 3.38. The summed E-state index contributed by atoms with van der Waals surface area (Å²) in [5.74, 6) is -0.0303. The maximum Gasteiger partial charge on any atom is 0.253 e. The van der Waals surface area contributed by atoms with E-state index in [0.29, 0.717) is 33.0 Å². The molecule has 0 radical (unpaired) electrons. The lowest BCUT2D eigenvalue weighted by Gasteiger charge is -2.33. The van der Waals surface area contributed by atoms with Gasteiger partial charge in [0.05, 0.1) is 27.4 Å². The zero-order chi connectivity index (χ0) is 24.0. The number of hydrogen-bond donors (Lipinski definition) is 3. The summed E-state index contributed by atoms with van der Waals surface area (Å²) in [6, 6.07) is 9.85. The molecular weight excluding hydrogens is 489 g/mol. The van der Waals surface area contributed by atoms with Gasteiger partial charge in [-0.1, -0.05) is 34.8 Å². The third kappa shape index (κ3) is 7.76. The van der Waals surface area contributed by atoms with E-state index < -0.39 is 12.0 Å². The summed E-state index contributed by atoms with van der Waals surface area (Å²) in [5.41, 5.74) is 0.605. The largest absolute Gasteiger partial charge is 0.490 e. The minimum absolute atomic E-state index is 0.0605. The van der Waals surface area contributed by atoms with Crippen LogP contribution in [0.5, 0.6) is 5.75 Å². The van der Waals surface area contributed by atoms with Crippen LogP contribution >= 0.6 is 34.8 Å². The van der Waals surface area contributed by atoms with E-state index in [1.54, 1.807) is 30.3 Å². The third-order valence-electron chi connectivity index (χ3n) is 5.23. The number of piperidine rings is 1. The number of amides is 2. The number of aliphatic hydroxyl groups is 1. The van der Waals surface area contributed by atoms with Gasteiger partial charge >= 0.3 is 0 Å². The van der Waals surface area contributed by atoms with E-state index in [1.807, 2.05) is 0 Å². The molecule has 2 aromatic rings. The summed E-state index contributed by atoms with van der Waals surface area (Å²) in [4.78, 5) is 26.1. The number of ether oxygens (including phenoxy) is 1. The van der Waals surface area contributed by atoms with Crippen molar-refractivity contribution in [2.45, 2.75) is 32.0 Å². The number of nitrogens with one attached hydrogen (secondary N) is 2. The van der Waals surface area contributed by atoms with Crippen molar-refractivity contribution in [1.29, 1.82) is 0 Å². The Morgan fingerprint density at radius 3 is 2.52 bits per heavy atom. The standard InChI is InChI=1S/C23H26Cl3N3O4/c1-14(30)28-22-5-2-15(24)10-19(22)23(32)27-12-16(31)13-29-8-6-17(7-9-29)33-18-3-4-20(25)21(26)11-18/h2-5,10-11,16-17,31H,6-9,12-13H2,1H3,(H,27,32)(H,28,30). The van der Waals surface area contributed by atoms with Crippen molar-refractivity contribution in [3.63, 3.8) is 0 Å². The van der Waals surface area contributed by atoms with Gasteiger partial charge in [-0.2, -0.15) is 0 Å². The zero-order valence-electron chi connectivity index (χ0n) is 18.1. The fourth-order valence-corrected chi connectivity index (χ4v) is 4.08. The SMILES string of the molecule is CC(=O)Nc1ccc(Cl)cc1C(=O)NCC(O)CN1CCC(Oc2ccc(Cl)c(Cl)c2)CC1. The topological polar surface area (TPSA) is 90.9 Å². The fourth-order valence-electron chi connectivity index (χ4n) is 3.62. The molecule has 2 amide bonds. The van der Waals surface area contributed by atoms with E-state index in [0.717, 1.165) is 25.9 Å². The van der Waals surface area contributed by atoms with E-state index in [9.17, 15) is 14.7 Å². The molecule has 178 valence electrons. The van der Waals surface area contributed by atoms with Crippen LogP contribution in [-0.2, 0) is 4.79 Å². The second kappa shape index (κ2) is 11.9. The van der Waals surface area contributed by atoms with Gasteiger partial charge in [-0.15, -0.1) is 0 Å². The zero-order valence-corrected chi connectivity index (χ0v) is 20.4. The molecule has 1 fully saturated rings. The second-order valence-corrected chi connectivity index (χ2v) is 9.18. The molecule has 0 bridgehead atoms. The highest BCUT2D eigenvalue weighted by Crippen LogP contribution is 2.28. The van der Waals surface area contributed by atoms with Crippen molar-refractivity contribution >= 4 is 52.3 Å². The summed E-state index contributed by atoms with van der Waals surface area (Å²) in [6.07, 6.45) is 0.930. The lowest BCUT2D eigenvalue weighted by Crippen LogP contribution is -2.45. The van der Waals surface area contributed by atoms with E-state index in [2.05, 4.69) is 15.5 Å². The van der Waals surface area contributed by atoms with E-state index >= 15 is 0 Å². The predicted molar refractivity (Wildman–Crippen MR) is 131 cm³/mol. The number of aliphatic hydroxyl groups excluding tert-OH is 1. The van der Waals surface area contributed by atoms with Crippen LogP contribution < -0.4 is 15.4 Å². The van der Waals surface area contributed by atoms with Crippen molar-refractivity contribution in [1.82, 2.24) is 10.2 Å². The van der Waals surface area contributed by atoms with Gasteiger partial charge < -0.3 is 25.4 Å². The average Bonchev–Trinajstić information content (AvgIpc) is 2.77. The summed E-state index contributed by atoms with van der Waals surface area (Å²) in [7, 11) is 0. The molecule has 0 aliphatic carbocycles. The maximum absolute atomic E-state index is 12.6. The number of carbonyl (C=O) groups excluding carboxylic acids is 2. The first kappa shape index (κ1) is 25.6. The van der Waals surface area contributed by atoms with Gasteiger partial charge in [-0.05, 0) is 43.2 Å². The molecule has 0 saturated carbocycles. The Balaban J connectivity index is 1.44. The molecule has 1 saturated heterocycles. The predicted octanol–water partition coefficient (Wildman–Crippen LogP) is 4.24. The highest BCUT2D eigenvalue weighted by molar-refractivity contribution is 6.42. The van der Waals surface area contributed by atoms with Crippen LogP contribution in [0.3, 0.4) is 0 Å². The minimum Gasteiger partial charge on any atom is -0.490 e. The van der Waals surface area contributed by atoms with Gasteiger partial charge in [0.25, 0.3) is 5.91 Å². The molecule has 1 aliphatic rings. The van der Waals surface area contributed by atoms with Crippen molar-refractivity contribution in [2.75, 3.05) is 31.5 Å². The van der Waals surface area contributed by atoms with Gasteiger partial charge in [0.1, 0.15) is 11.9 Å². The Hall–Kier alpha value is -2.03. The Morgan fingerprint density at radius 2 is 1.85 bits per heavy atom. The smallest absolute Gasteiger partial charge is 0.253 e. The van der Waals surface area contributed by atoms with Gasteiger partial charge in [-0.25, -0.2) is 0 Å². The molecule has 1 atom stereocenters. The van der Waals surface area contributed by atoms with Gasteiger partial charge in [0.2, 0.25) is 5.91 Å². The number of likely N-dealkylation sites (tertiary alicyclic amines) is 1. The van der Waals surface area contributed by atoms with Gasteiger partial charge in [0.15, 0.2) is 0 Å². The van der Waals surface area contributed by atoms with Crippen LogP contribution in [0.1, 0.15) is 30.1 Å². The van der Waals surface area contributed by atoms with Crippen LogP contribution in [0.25, 0.3) is 0 Å². The van der Waals surface area contributed by atoms with Crippen molar-refractivity contribution < 1.29 is 19.4 Å². The molecule has 7 nitrogen and oxygen atoms in total. The molecule has 1 heterocycles. The molecular formula is C23H26Cl3N3O4. The minimum atomic E-state index is -0.745. The van der Waals surface area contributed by atoms with Gasteiger partial charge in [0, 0.05) is 44.2 Å². The third-order valence-corrected chi connectivity index (χ3v) is 6.21. The maximum atomic E-state index is 12.6. The first-order valence-corrected chi connectivity index (χ1v) is 11.7. The van der Waals surface area contributed by atoms with E-state index in [4.69, 9.17) is 39.5 Å². The van der Waals surface area contributed by atoms with Crippen molar-refractivity contribution in [2.24, 2.45) is 0 Å². The van der Waals surface area contributed by atoms with E-state index in [-0.39, 0.29) is 24.1 Å². The molecule has 0 aromatic heterocycles. The van der Waals surface area contributed by atoms with Crippen molar-refractivity contribution in [3.8, 4) is 5.75 Å². The Morgan fingerprint density at radius 1 is 1.12 bits per heavy atom. The quantitative estimate of drug-likeness (QED) is 0.490. The molecule has 1 aliphatic heterocycles. The average molecular weight is 515 g/mol. The summed E-state index contributed by atoms with van der Waals surface area (Å²) < 4.78 is 5.99. The Kier molecular flexibility index (Phi) is 9.23. The number of benzene rings is 2. The number of halogens is 3. The van der Waals surface area contributed by atoms with Crippen LogP contribution in [-0.4, -0.2) is 60.2 Å². The molecule has 10 heteroatoms. The highest BCUT2D eigenvalue weighted by atomic mass is 35.5. The lowest BCUT2D eigenvalue weighted by atomic mass is 10.1. The second-order valence-electron chi connectivity index (χ2n) is 7.93. The fraction of sp³-hybridized carbons (Fsp3) is 0.391. The summed E-state index contributed by atoms with van der Waals surface area (Å²) >= 11 is 18.0.